The Morgan fingerprint density at radius 1 is 0.688 bits per heavy atom. The average Bonchev–Trinajstić information content (AvgIpc) is 2.95. The lowest BCUT2D eigenvalue weighted by Gasteiger charge is -2.10. The first kappa shape index (κ1) is 12.7. The van der Waals surface area contributed by atoms with E-state index in [1.807, 2.05) is 51.4 Å². The van der Waals surface area contributed by atoms with Crippen molar-refractivity contribution < 1.29 is 8.42 Å². The molecule has 2 atom stereocenters. The molecule has 0 aliphatic heterocycles. The van der Waals surface area contributed by atoms with E-state index in [4.69, 9.17) is 0 Å². The van der Waals surface area contributed by atoms with Gasteiger partial charge in [-0.05, 0) is 51.4 Å². The molecule has 0 aromatic carbocycles. The first-order valence-electron chi connectivity index (χ1n) is 4.97. The molecule has 0 unspecified atom stereocenters. The van der Waals surface area contributed by atoms with E-state index in [9.17, 15) is 8.42 Å². The molecular formula is C12H12O2S2. The van der Waals surface area contributed by atoms with Gasteiger partial charge in [0.25, 0.3) is 0 Å². The molecule has 2 aliphatic carbocycles. The summed E-state index contributed by atoms with van der Waals surface area (Å²) in [4.78, 5) is 0. The fourth-order valence-corrected chi connectivity index (χ4v) is 4.01. The quantitative estimate of drug-likeness (QED) is 0.737. The first-order valence-corrected chi connectivity index (χ1v) is 7.61. The van der Waals surface area contributed by atoms with E-state index in [0.717, 1.165) is 10.5 Å². The van der Waals surface area contributed by atoms with E-state index in [1.165, 1.54) is 0 Å². The SMILES string of the molecule is O=[S@@](CC[S@](=O)[C]1[CH][CH][CH][CH]1)[C]1[CH][CH][CH][CH]1. The topological polar surface area (TPSA) is 34.1 Å². The molecule has 0 heterocycles. The van der Waals surface area contributed by atoms with Crippen molar-refractivity contribution in [2.75, 3.05) is 11.5 Å². The second-order valence-electron chi connectivity index (χ2n) is 3.34. The van der Waals surface area contributed by atoms with Crippen LogP contribution >= 0.6 is 0 Å². The zero-order chi connectivity index (χ0) is 11.4. The zero-order valence-electron chi connectivity index (χ0n) is 8.67. The van der Waals surface area contributed by atoms with Gasteiger partial charge in [0, 0.05) is 33.1 Å². The minimum Gasteiger partial charge on any atom is -0.259 e. The standard InChI is InChI=1S/C12H12O2S2/c13-15(11-5-1-2-6-11)9-10-16(14)12-7-3-4-8-12/h1-8H,9-10H2/t15-,16-/m0/s1. The lowest BCUT2D eigenvalue weighted by Crippen LogP contribution is -2.16. The molecule has 2 fully saturated rings. The summed E-state index contributed by atoms with van der Waals surface area (Å²) in [5.41, 5.74) is 0. The summed E-state index contributed by atoms with van der Waals surface area (Å²) in [6, 6.07) is 0. The van der Waals surface area contributed by atoms with Crippen LogP contribution in [0.2, 0.25) is 0 Å². The highest BCUT2D eigenvalue weighted by atomic mass is 32.2. The molecule has 2 aliphatic rings. The van der Waals surface area contributed by atoms with Crippen LogP contribution in [-0.4, -0.2) is 19.9 Å². The Bertz CT molecular complexity index is 238. The molecule has 0 amide bonds. The van der Waals surface area contributed by atoms with Gasteiger partial charge in [-0.15, -0.1) is 0 Å². The van der Waals surface area contributed by atoms with Crippen LogP contribution < -0.4 is 0 Å². The third-order valence-corrected chi connectivity index (χ3v) is 5.25. The summed E-state index contributed by atoms with van der Waals surface area (Å²) in [5.74, 6) is 0.892. The highest BCUT2D eigenvalue weighted by Crippen LogP contribution is 2.28. The highest BCUT2D eigenvalue weighted by Gasteiger charge is 2.26. The average molecular weight is 252 g/mol. The molecule has 0 aromatic rings. The van der Waals surface area contributed by atoms with Crippen LogP contribution in [0.3, 0.4) is 0 Å². The summed E-state index contributed by atoms with van der Waals surface area (Å²) >= 11 is 0. The van der Waals surface area contributed by atoms with E-state index in [0.29, 0.717) is 11.5 Å². The summed E-state index contributed by atoms with van der Waals surface area (Å²) in [5, 5.41) is 1.64. The van der Waals surface area contributed by atoms with E-state index in [1.54, 1.807) is 0 Å². The Morgan fingerprint density at radius 2 is 1.00 bits per heavy atom. The second kappa shape index (κ2) is 6.29. The Hall–Kier alpha value is 0.300. The van der Waals surface area contributed by atoms with Crippen LogP contribution in [0, 0.1) is 61.9 Å². The van der Waals surface area contributed by atoms with Crippen molar-refractivity contribution in [2.24, 2.45) is 0 Å². The monoisotopic (exact) mass is 252 g/mol. The Kier molecular flexibility index (Phi) is 5.01. The van der Waals surface area contributed by atoms with E-state index in [2.05, 4.69) is 0 Å². The second-order valence-corrected chi connectivity index (χ2v) is 6.48. The smallest absolute Gasteiger partial charge is 0.0704 e. The fourth-order valence-electron chi connectivity index (χ4n) is 1.40. The van der Waals surface area contributed by atoms with Crippen molar-refractivity contribution in [2.45, 2.75) is 0 Å². The van der Waals surface area contributed by atoms with Gasteiger partial charge in [-0.1, -0.05) is 0 Å². The van der Waals surface area contributed by atoms with E-state index in [-0.39, 0.29) is 0 Å². The minimum absolute atomic E-state index is 0.446. The molecular weight excluding hydrogens is 240 g/mol. The number of rotatable bonds is 5. The van der Waals surface area contributed by atoms with Gasteiger partial charge in [0.2, 0.25) is 0 Å². The molecule has 0 bridgehead atoms. The summed E-state index contributed by atoms with van der Waals surface area (Å²) in [7, 11) is -2.06. The predicted molar refractivity (Wildman–Crippen MR) is 66.9 cm³/mol. The number of hydrogen-bond acceptors (Lipinski definition) is 2. The predicted octanol–water partition coefficient (Wildman–Crippen LogP) is 1.21. The first-order chi connectivity index (χ1) is 7.77. The van der Waals surface area contributed by atoms with E-state index >= 15 is 0 Å². The number of hydrogen-bond donors (Lipinski definition) is 0. The van der Waals surface area contributed by atoms with Crippen LogP contribution in [0.4, 0.5) is 0 Å². The fraction of sp³-hybridized carbons (Fsp3) is 0.167. The Balaban J connectivity index is 1.69. The van der Waals surface area contributed by atoms with Crippen molar-refractivity contribution in [1.82, 2.24) is 0 Å². The van der Waals surface area contributed by atoms with Crippen molar-refractivity contribution in [1.29, 1.82) is 0 Å². The lowest BCUT2D eigenvalue weighted by molar-refractivity contribution is 0.680. The normalized spacial score (nSPS) is 27.2. The third-order valence-electron chi connectivity index (χ3n) is 2.24. The molecule has 84 valence electrons. The molecule has 2 saturated carbocycles. The molecule has 0 N–H and O–H groups in total. The lowest BCUT2D eigenvalue weighted by atomic mass is 10.4. The van der Waals surface area contributed by atoms with Crippen LogP contribution in [0.1, 0.15) is 0 Å². The molecule has 2 nitrogen and oxygen atoms in total. The molecule has 2 rings (SSSR count). The third kappa shape index (κ3) is 3.39. The molecule has 0 spiro atoms. The summed E-state index contributed by atoms with van der Waals surface area (Å²) in [6.07, 6.45) is 14.8. The maximum Gasteiger partial charge on any atom is 0.0704 e. The molecule has 10 radical (unpaired) electrons. The van der Waals surface area contributed by atoms with Crippen LogP contribution in [0.5, 0.6) is 0 Å². The van der Waals surface area contributed by atoms with Gasteiger partial charge in [0.15, 0.2) is 0 Å². The van der Waals surface area contributed by atoms with Gasteiger partial charge in [-0.2, -0.15) is 0 Å². The maximum atomic E-state index is 11.8. The highest BCUT2D eigenvalue weighted by molar-refractivity contribution is 7.92. The minimum atomic E-state index is -1.03. The molecule has 0 saturated heterocycles. The van der Waals surface area contributed by atoms with Gasteiger partial charge in [0.1, 0.15) is 0 Å². The van der Waals surface area contributed by atoms with E-state index < -0.39 is 21.6 Å². The molecule has 16 heavy (non-hydrogen) atoms. The van der Waals surface area contributed by atoms with Gasteiger partial charge >= 0.3 is 0 Å². The van der Waals surface area contributed by atoms with Crippen molar-refractivity contribution in [3.05, 3.63) is 61.9 Å². The molecule has 0 aromatic heterocycles. The van der Waals surface area contributed by atoms with Crippen molar-refractivity contribution in [3.63, 3.8) is 0 Å². The Morgan fingerprint density at radius 3 is 1.31 bits per heavy atom. The van der Waals surface area contributed by atoms with Crippen molar-refractivity contribution in [3.8, 4) is 0 Å². The maximum absolute atomic E-state index is 11.8. The van der Waals surface area contributed by atoms with Gasteiger partial charge in [0.05, 0.1) is 10.5 Å². The zero-order valence-corrected chi connectivity index (χ0v) is 10.3. The largest absolute Gasteiger partial charge is 0.259 e. The van der Waals surface area contributed by atoms with Gasteiger partial charge < -0.3 is 0 Å². The summed E-state index contributed by atoms with van der Waals surface area (Å²) in [6.45, 7) is 0. The van der Waals surface area contributed by atoms with Crippen LogP contribution in [0.15, 0.2) is 0 Å². The Labute approximate surface area is 103 Å². The van der Waals surface area contributed by atoms with Crippen molar-refractivity contribution >= 4 is 21.6 Å². The van der Waals surface area contributed by atoms with Crippen LogP contribution in [0.25, 0.3) is 0 Å². The van der Waals surface area contributed by atoms with Gasteiger partial charge in [-0.25, -0.2) is 0 Å². The van der Waals surface area contributed by atoms with Crippen LogP contribution in [-0.2, 0) is 21.6 Å². The summed E-state index contributed by atoms with van der Waals surface area (Å²) < 4.78 is 23.5. The van der Waals surface area contributed by atoms with Gasteiger partial charge in [-0.3, -0.25) is 8.42 Å². The molecule has 4 heteroatoms.